The number of benzene rings is 1. The summed E-state index contributed by atoms with van der Waals surface area (Å²) in [6, 6.07) is 4.94. The van der Waals surface area contributed by atoms with Gasteiger partial charge in [0.25, 0.3) is 5.91 Å². The van der Waals surface area contributed by atoms with Crippen molar-refractivity contribution in [2.75, 3.05) is 31.6 Å². The van der Waals surface area contributed by atoms with Crippen LogP contribution in [0.5, 0.6) is 0 Å². The number of nitrogens with zero attached hydrogens (tertiary/aromatic N) is 2. The van der Waals surface area contributed by atoms with E-state index in [4.69, 9.17) is 5.84 Å². The fourth-order valence-electron chi connectivity index (χ4n) is 2.64. The number of carbonyl (C=O) groups is 1. The van der Waals surface area contributed by atoms with Crippen molar-refractivity contribution in [1.29, 1.82) is 0 Å². The average molecular weight is 294 g/mol. The van der Waals surface area contributed by atoms with Gasteiger partial charge in [0.15, 0.2) is 0 Å². The fourth-order valence-corrected chi connectivity index (χ4v) is 2.64. The molecule has 1 aliphatic rings. The molecule has 21 heavy (non-hydrogen) atoms. The van der Waals surface area contributed by atoms with Crippen LogP contribution in [0.15, 0.2) is 18.2 Å². The summed E-state index contributed by atoms with van der Waals surface area (Å²) in [4.78, 5) is 16.7. The Morgan fingerprint density at radius 3 is 2.62 bits per heavy atom. The summed E-state index contributed by atoms with van der Waals surface area (Å²) < 4.78 is 13.7. The third-order valence-corrected chi connectivity index (χ3v) is 4.20. The number of para-hydroxylation sites is 1. The molecule has 1 aromatic carbocycles. The molecular formula is C15H23FN4O. The highest BCUT2D eigenvalue weighted by Gasteiger charge is 2.26. The van der Waals surface area contributed by atoms with Gasteiger partial charge >= 0.3 is 0 Å². The molecule has 1 amide bonds. The van der Waals surface area contributed by atoms with E-state index in [1.165, 1.54) is 12.1 Å². The highest BCUT2D eigenvalue weighted by molar-refractivity contribution is 5.99. The minimum Gasteiger partial charge on any atom is -0.336 e. The van der Waals surface area contributed by atoms with Crippen LogP contribution in [0.1, 0.15) is 30.6 Å². The molecule has 1 fully saturated rings. The van der Waals surface area contributed by atoms with Crippen LogP contribution in [-0.4, -0.2) is 47.9 Å². The number of hydrogen-bond acceptors (Lipinski definition) is 4. The molecule has 1 unspecified atom stereocenters. The van der Waals surface area contributed by atoms with Crippen LogP contribution in [-0.2, 0) is 0 Å². The summed E-state index contributed by atoms with van der Waals surface area (Å²) >= 11 is 0. The van der Waals surface area contributed by atoms with Crippen molar-refractivity contribution >= 4 is 11.6 Å². The van der Waals surface area contributed by atoms with Gasteiger partial charge in [-0.15, -0.1) is 0 Å². The van der Waals surface area contributed by atoms with Gasteiger partial charge in [0.1, 0.15) is 5.82 Å². The Morgan fingerprint density at radius 2 is 2.05 bits per heavy atom. The molecule has 1 saturated heterocycles. The number of carbonyl (C=O) groups excluding carboxylic acids is 1. The number of hydrogen-bond donors (Lipinski definition) is 2. The maximum atomic E-state index is 13.7. The molecule has 116 valence electrons. The van der Waals surface area contributed by atoms with Gasteiger partial charge in [-0.25, -0.2) is 4.39 Å². The summed E-state index contributed by atoms with van der Waals surface area (Å²) in [6.07, 6.45) is 1.10. The summed E-state index contributed by atoms with van der Waals surface area (Å²) in [5, 5.41) is 0. The summed E-state index contributed by atoms with van der Waals surface area (Å²) in [5.74, 6) is 4.64. The minimum absolute atomic E-state index is 0.0619. The molecule has 0 bridgehead atoms. The van der Waals surface area contributed by atoms with Gasteiger partial charge in [-0.3, -0.25) is 15.5 Å². The Morgan fingerprint density at radius 1 is 1.38 bits per heavy atom. The predicted octanol–water partition coefficient (Wildman–Crippen LogP) is 1.67. The van der Waals surface area contributed by atoms with Crippen LogP contribution < -0.4 is 11.3 Å². The first-order valence-electron chi connectivity index (χ1n) is 7.37. The highest BCUT2D eigenvalue weighted by Crippen LogP contribution is 2.21. The summed E-state index contributed by atoms with van der Waals surface area (Å²) in [7, 11) is 0. The number of anilines is 1. The van der Waals surface area contributed by atoms with Crippen LogP contribution in [0.4, 0.5) is 10.1 Å². The molecule has 1 heterocycles. The zero-order valence-electron chi connectivity index (χ0n) is 12.6. The molecule has 0 aromatic heterocycles. The van der Waals surface area contributed by atoms with Crippen molar-refractivity contribution in [1.82, 2.24) is 9.80 Å². The Kier molecular flexibility index (Phi) is 5.14. The molecule has 0 aliphatic carbocycles. The lowest BCUT2D eigenvalue weighted by atomic mass is 10.1. The lowest BCUT2D eigenvalue weighted by molar-refractivity contribution is 0.0580. The van der Waals surface area contributed by atoms with Gasteiger partial charge in [0, 0.05) is 32.2 Å². The number of amides is 1. The predicted molar refractivity (Wildman–Crippen MR) is 81.4 cm³/mol. The van der Waals surface area contributed by atoms with E-state index in [0.717, 1.165) is 19.5 Å². The van der Waals surface area contributed by atoms with Gasteiger partial charge in [-0.2, -0.15) is 0 Å². The molecule has 1 aliphatic heterocycles. The first kappa shape index (κ1) is 15.7. The zero-order valence-corrected chi connectivity index (χ0v) is 12.6. The van der Waals surface area contributed by atoms with Crippen molar-refractivity contribution in [3.63, 3.8) is 0 Å². The second-order valence-corrected chi connectivity index (χ2v) is 5.39. The number of nitrogen functional groups attached to an aromatic ring is 1. The Hall–Kier alpha value is -1.66. The number of nitrogens with one attached hydrogen (secondary N) is 1. The molecule has 2 rings (SSSR count). The van der Waals surface area contributed by atoms with Crippen molar-refractivity contribution in [3.05, 3.63) is 29.6 Å². The maximum absolute atomic E-state index is 13.7. The van der Waals surface area contributed by atoms with Crippen molar-refractivity contribution < 1.29 is 9.18 Å². The molecule has 3 N–H and O–H groups in total. The lowest BCUT2D eigenvalue weighted by Gasteiger charge is -2.38. The minimum atomic E-state index is -0.512. The van der Waals surface area contributed by atoms with Crippen LogP contribution in [0, 0.1) is 5.82 Å². The second-order valence-electron chi connectivity index (χ2n) is 5.39. The van der Waals surface area contributed by atoms with Gasteiger partial charge in [-0.05, 0) is 25.5 Å². The van der Waals surface area contributed by atoms with Gasteiger partial charge in [0.05, 0.1) is 11.3 Å². The molecular weight excluding hydrogens is 271 g/mol. The van der Waals surface area contributed by atoms with Gasteiger partial charge in [-0.1, -0.05) is 13.0 Å². The summed E-state index contributed by atoms with van der Waals surface area (Å²) in [6.45, 7) is 7.37. The Balaban J connectivity index is 2.07. The third kappa shape index (κ3) is 3.33. The number of nitrogens with two attached hydrogens (primary N) is 1. The van der Waals surface area contributed by atoms with Gasteiger partial charge < -0.3 is 10.3 Å². The van der Waals surface area contributed by atoms with Crippen LogP contribution in [0.25, 0.3) is 0 Å². The number of hydrazine groups is 1. The Bertz CT molecular complexity index is 500. The maximum Gasteiger partial charge on any atom is 0.256 e. The van der Waals surface area contributed by atoms with Gasteiger partial charge in [0.2, 0.25) is 0 Å². The molecule has 0 radical (unpaired) electrons. The van der Waals surface area contributed by atoms with Crippen molar-refractivity contribution in [2.24, 2.45) is 5.84 Å². The first-order chi connectivity index (χ1) is 10.1. The van der Waals surface area contributed by atoms with Crippen molar-refractivity contribution in [3.8, 4) is 0 Å². The number of piperazine rings is 1. The van der Waals surface area contributed by atoms with Crippen LogP contribution >= 0.6 is 0 Å². The van der Waals surface area contributed by atoms with E-state index in [-0.39, 0.29) is 17.2 Å². The largest absolute Gasteiger partial charge is 0.336 e. The molecule has 1 atom stereocenters. The number of halogens is 1. The summed E-state index contributed by atoms with van der Waals surface area (Å²) in [5.41, 5.74) is 2.64. The zero-order chi connectivity index (χ0) is 15.4. The van der Waals surface area contributed by atoms with Crippen molar-refractivity contribution in [2.45, 2.75) is 26.3 Å². The fraction of sp³-hybridized carbons (Fsp3) is 0.533. The molecule has 1 aromatic rings. The Labute approximate surface area is 124 Å². The van der Waals surface area contributed by atoms with E-state index in [1.807, 2.05) is 0 Å². The molecule has 5 nitrogen and oxygen atoms in total. The highest BCUT2D eigenvalue weighted by atomic mass is 19.1. The van der Waals surface area contributed by atoms with E-state index < -0.39 is 5.82 Å². The van der Waals surface area contributed by atoms with E-state index in [0.29, 0.717) is 19.1 Å². The lowest BCUT2D eigenvalue weighted by Crippen LogP contribution is -2.51. The monoisotopic (exact) mass is 294 g/mol. The van der Waals surface area contributed by atoms with Crippen LogP contribution in [0.2, 0.25) is 0 Å². The van der Waals surface area contributed by atoms with E-state index in [9.17, 15) is 9.18 Å². The first-order valence-corrected chi connectivity index (χ1v) is 7.37. The average Bonchev–Trinajstić information content (AvgIpc) is 2.53. The topological polar surface area (TPSA) is 61.6 Å². The second kappa shape index (κ2) is 6.87. The quantitative estimate of drug-likeness (QED) is 0.655. The van der Waals surface area contributed by atoms with E-state index in [1.54, 1.807) is 11.0 Å². The third-order valence-electron chi connectivity index (χ3n) is 4.20. The number of rotatable bonds is 4. The normalized spacial score (nSPS) is 17.6. The SMILES string of the molecule is CCC(C)N1CCN(C(=O)c2cccc(F)c2NN)CC1. The molecule has 6 heteroatoms. The van der Waals surface area contributed by atoms with E-state index >= 15 is 0 Å². The standard InChI is InChI=1S/C15H23FN4O/c1-3-11(2)19-7-9-20(10-8-19)15(21)12-5-4-6-13(16)14(12)18-17/h4-6,11,18H,3,7-10,17H2,1-2H3. The smallest absolute Gasteiger partial charge is 0.256 e. The van der Waals surface area contributed by atoms with Crippen LogP contribution in [0.3, 0.4) is 0 Å². The molecule has 0 spiro atoms. The van der Waals surface area contributed by atoms with E-state index in [2.05, 4.69) is 24.2 Å². The molecule has 0 saturated carbocycles.